The number of fused-ring (bicyclic) bond motifs is 3. The SMILES string of the molecule is CC(=O)NC[C@@H]1OC(=O)N2c3ccc(-c4ccc(C#N)cn4)cc3OC[C@@H]12. The van der Waals surface area contributed by atoms with E-state index in [9.17, 15) is 9.59 Å². The number of carbonyl (C=O) groups is 2. The van der Waals surface area contributed by atoms with Gasteiger partial charge < -0.3 is 14.8 Å². The van der Waals surface area contributed by atoms with Gasteiger partial charge in [-0.2, -0.15) is 5.26 Å². The predicted molar refractivity (Wildman–Crippen MR) is 95.1 cm³/mol. The number of anilines is 1. The standard InChI is InChI=1S/C19H16N4O4/c1-11(24)21-9-18-16-10-26-17-6-13(14-4-2-12(7-20)8-22-14)3-5-15(17)23(16)19(25)27-18/h2-6,8,16,18H,9-10H2,1H3,(H,21,24)/t16-,18-/m0/s1. The summed E-state index contributed by atoms with van der Waals surface area (Å²) < 4.78 is 11.3. The number of aromatic nitrogens is 1. The van der Waals surface area contributed by atoms with Crippen LogP contribution in [0.5, 0.6) is 5.75 Å². The van der Waals surface area contributed by atoms with E-state index in [4.69, 9.17) is 14.7 Å². The van der Waals surface area contributed by atoms with Gasteiger partial charge in [-0.1, -0.05) is 6.07 Å². The van der Waals surface area contributed by atoms with E-state index >= 15 is 0 Å². The highest BCUT2D eigenvalue weighted by atomic mass is 16.6. The lowest BCUT2D eigenvalue weighted by atomic mass is 10.0. The number of benzene rings is 1. The molecule has 0 bridgehead atoms. The highest BCUT2D eigenvalue weighted by Crippen LogP contribution is 2.40. The normalized spacial score (nSPS) is 20.0. The Morgan fingerprint density at radius 1 is 1.41 bits per heavy atom. The molecule has 27 heavy (non-hydrogen) atoms. The van der Waals surface area contributed by atoms with Crippen LogP contribution in [0.15, 0.2) is 36.5 Å². The second kappa shape index (κ2) is 6.61. The fourth-order valence-corrected chi connectivity index (χ4v) is 3.24. The van der Waals surface area contributed by atoms with E-state index in [1.165, 1.54) is 13.1 Å². The molecule has 8 heteroatoms. The first-order chi connectivity index (χ1) is 13.1. The zero-order valence-electron chi connectivity index (χ0n) is 14.5. The topological polar surface area (TPSA) is 105 Å². The van der Waals surface area contributed by atoms with Gasteiger partial charge in [0.1, 0.15) is 30.6 Å². The van der Waals surface area contributed by atoms with Crippen LogP contribution < -0.4 is 15.0 Å². The van der Waals surface area contributed by atoms with E-state index in [0.29, 0.717) is 22.7 Å². The Hall–Kier alpha value is -3.60. The Morgan fingerprint density at radius 2 is 2.26 bits per heavy atom. The maximum atomic E-state index is 12.3. The smallest absolute Gasteiger partial charge is 0.415 e. The molecular weight excluding hydrogens is 348 g/mol. The summed E-state index contributed by atoms with van der Waals surface area (Å²) in [7, 11) is 0. The van der Waals surface area contributed by atoms with Crippen LogP contribution >= 0.6 is 0 Å². The number of carbonyl (C=O) groups excluding carboxylic acids is 2. The lowest BCUT2D eigenvalue weighted by Gasteiger charge is -2.31. The lowest BCUT2D eigenvalue weighted by molar-refractivity contribution is -0.119. The first-order valence-electron chi connectivity index (χ1n) is 8.44. The third-order valence-corrected chi connectivity index (χ3v) is 4.58. The van der Waals surface area contributed by atoms with E-state index in [1.54, 1.807) is 23.1 Å². The van der Waals surface area contributed by atoms with Crippen molar-refractivity contribution in [3.63, 3.8) is 0 Å². The summed E-state index contributed by atoms with van der Waals surface area (Å²) >= 11 is 0. The molecular formula is C19H16N4O4. The van der Waals surface area contributed by atoms with Gasteiger partial charge in [0.05, 0.1) is 23.5 Å². The van der Waals surface area contributed by atoms with Crippen molar-refractivity contribution < 1.29 is 19.1 Å². The van der Waals surface area contributed by atoms with Crippen molar-refractivity contribution in [1.82, 2.24) is 10.3 Å². The molecule has 8 nitrogen and oxygen atoms in total. The minimum atomic E-state index is -0.464. The van der Waals surface area contributed by atoms with Crippen molar-refractivity contribution in [2.45, 2.75) is 19.1 Å². The Kier molecular flexibility index (Phi) is 4.12. The minimum absolute atomic E-state index is 0.179. The minimum Gasteiger partial charge on any atom is -0.489 e. The first kappa shape index (κ1) is 16.8. The molecule has 0 spiro atoms. The molecule has 2 atom stereocenters. The van der Waals surface area contributed by atoms with Gasteiger partial charge in [-0.3, -0.25) is 14.7 Å². The molecule has 2 aliphatic rings. The van der Waals surface area contributed by atoms with Gasteiger partial charge in [0, 0.05) is 18.7 Å². The average molecular weight is 364 g/mol. The fourth-order valence-electron chi connectivity index (χ4n) is 3.24. The molecule has 2 amide bonds. The van der Waals surface area contributed by atoms with Gasteiger partial charge >= 0.3 is 6.09 Å². The van der Waals surface area contributed by atoms with Gasteiger partial charge in [-0.15, -0.1) is 0 Å². The van der Waals surface area contributed by atoms with Crippen LogP contribution in [0.1, 0.15) is 12.5 Å². The number of hydrogen-bond acceptors (Lipinski definition) is 6. The summed E-state index contributed by atoms with van der Waals surface area (Å²) in [6, 6.07) is 10.6. The molecule has 136 valence electrons. The highest BCUT2D eigenvalue weighted by molar-refractivity contribution is 5.94. The zero-order chi connectivity index (χ0) is 19.0. The molecule has 1 aromatic carbocycles. The number of nitrogens with one attached hydrogen (secondary N) is 1. The van der Waals surface area contributed by atoms with Crippen molar-refractivity contribution in [1.29, 1.82) is 5.26 Å². The molecule has 1 saturated heterocycles. The third kappa shape index (κ3) is 3.04. The summed E-state index contributed by atoms with van der Waals surface area (Å²) in [5, 5.41) is 11.6. The van der Waals surface area contributed by atoms with Gasteiger partial charge in [-0.25, -0.2) is 4.79 Å². The summed E-state index contributed by atoms with van der Waals surface area (Å²) in [6.45, 7) is 1.93. The van der Waals surface area contributed by atoms with Gasteiger partial charge in [0.25, 0.3) is 0 Å². The zero-order valence-corrected chi connectivity index (χ0v) is 14.5. The van der Waals surface area contributed by atoms with E-state index in [2.05, 4.69) is 10.3 Å². The Bertz CT molecular complexity index is 951. The number of nitrogens with zero attached hydrogens (tertiary/aromatic N) is 3. The number of ether oxygens (including phenoxy) is 2. The number of amides is 2. The summed E-state index contributed by atoms with van der Waals surface area (Å²) in [5.41, 5.74) is 2.63. The molecule has 1 aromatic heterocycles. The molecule has 0 aliphatic carbocycles. The quantitative estimate of drug-likeness (QED) is 0.891. The van der Waals surface area contributed by atoms with Crippen LogP contribution in [0.3, 0.4) is 0 Å². The van der Waals surface area contributed by atoms with Gasteiger partial charge in [-0.05, 0) is 24.3 Å². The van der Waals surface area contributed by atoms with Crippen LogP contribution in [0.4, 0.5) is 10.5 Å². The average Bonchev–Trinajstić information content (AvgIpc) is 3.02. The van der Waals surface area contributed by atoms with E-state index < -0.39 is 12.2 Å². The van der Waals surface area contributed by atoms with E-state index in [1.807, 2.05) is 18.2 Å². The molecule has 2 aliphatic heterocycles. The second-order valence-corrected chi connectivity index (χ2v) is 6.33. The number of pyridine rings is 1. The monoisotopic (exact) mass is 364 g/mol. The fraction of sp³-hybridized carbons (Fsp3) is 0.263. The van der Waals surface area contributed by atoms with Crippen molar-refractivity contribution in [2.75, 3.05) is 18.1 Å². The van der Waals surface area contributed by atoms with E-state index in [-0.39, 0.29) is 25.1 Å². The Morgan fingerprint density at radius 3 is 2.96 bits per heavy atom. The number of cyclic esters (lactones) is 1. The molecule has 4 rings (SSSR count). The van der Waals surface area contributed by atoms with Crippen molar-refractivity contribution in [3.8, 4) is 23.1 Å². The Balaban J connectivity index is 1.60. The van der Waals surface area contributed by atoms with Crippen LogP contribution in [0.25, 0.3) is 11.3 Å². The maximum absolute atomic E-state index is 12.3. The Labute approximate surface area is 155 Å². The summed E-state index contributed by atoms with van der Waals surface area (Å²) in [4.78, 5) is 29.3. The third-order valence-electron chi connectivity index (χ3n) is 4.58. The van der Waals surface area contributed by atoms with Crippen molar-refractivity contribution >= 4 is 17.7 Å². The van der Waals surface area contributed by atoms with Gasteiger partial charge in [0.2, 0.25) is 5.91 Å². The lowest BCUT2D eigenvalue weighted by Crippen LogP contribution is -2.47. The molecule has 3 heterocycles. The maximum Gasteiger partial charge on any atom is 0.415 e. The van der Waals surface area contributed by atoms with Crippen LogP contribution in [-0.2, 0) is 9.53 Å². The summed E-state index contributed by atoms with van der Waals surface area (Å²) in [5.74, 6) is 0.383. The molecule has 0 unspecified atom stereocenters. The van der Waals surface area contributed by atoms with Gasteiger partial charge in [0.15, 0.2) is 0 Å². The number of hydrogen-bond donors (Lipinski definition) is 1. The predicted octanol–water partition coefficient (Wildman–Crippen LogP) is 1.84. The highest BCUT2D eigenvalue weighted by Gasteiger charge is 2.46. The summed E-state index contributed by atoms with van der Waals surface area (Å²) in [6.07, 6.45) is 0.592. The number of rotatable bonds is 3. The molecule has 0 saturated carbocycles. The van der Waals surface area contributed by atoms with E-state index in [0.717, 1.165) is 5.56 Å². The van der Waals surface area contributed by atoms with Crippen LogP contribution in [0, 0.1) is 11.3 Å². The molecule has 0 radical (unpaired) electrons. The van der Waals surface area contributed by atoms with Crippen LogP contribution in [-0.4, -0.2) is 42.3 Å². The molecule has 1 N–H and O–H groups in total. The second-order valence-electron chi connectivity index (χ2n) is 6.33. The first-order valence-corrected chi connectivity index (χ1v) is 8.44. The van der Waals surface area contributed by atoms with Crippen molar-refractivity contribution in [3.05, 3.63) is 42.1 Å². The largest absolute Gasteiger partial charge is 0.489 e. The molecule has 2 aromatic rings. The van der Waals surface area contributed by atoms with Crippen LogP contribution in [0.2, 0.25) is 0 Å². The molecule has 1 fully saturated rings. The van der Waals surface area contributed by atoms with Crippen molar-refractivity contribution in [2.24, 2.45) is 0 Å². The number of nitriles is 1.